The fraction of sp³-hybridized carbons (Fsp3) is 0.478. The molecule has 3 rings (SSSR count). The highest BCUT2D eigenvalue weighted by Gasteiger charge is 2.10. The first-order valence-electron chi connectivity index (χ1n) is 10.4. The van der Waals surface area contributed by atoms with Crippen LogP contribution in [0.4, 0.5) is 0 Å². The van der Waals surface area contributed by atoms with E-state index in [1.165, 1.54) is 21.8 Å². The molecule has 0 aliphatic heterocycles. The van der Waals surface area contributed by atoms with E-state index in [4.69, 9.17) is 9.47 Å². The topological polar surface area (TPSA) is 47.4 Å². The van der Waals surface area contributed by atoms with Gasteiger partial charge in [0.1, 0.15) is 24.7 Å². The molecule has 0 saturated heterocycles. The first-order valence-corrected chi connectivity index (χ1v) is 10.4. The number of hydrogen-bond donors (Lipinski definition) is 2. The Morgan fingerprint density at radius 3 is 1.96 bits per heavy atom. The van der Waals surface area contributed by atoms with Crippen LogP contribution < -0.4 is 20.1 Å². The van der Waals surface area contributed by atoms with Crippen molar-refractivity contribution in [3.8, 4) is 11.5 Å². The smallest absolute Gasteiger partial charge is 0.121 e. The number of fused-ring (bicyclic) bond motifs is 3. The van der Waals surface area contributed by atoms with Gasteiger partial charge in [-0.3, -0.25) is 0 Å². The minimum atomic E-state index is 0.680. The molecular weight excluding hydrogens is 350 g/mol. The summed E-state index contributed by atoms with van der Waals surface area (Å²) >= 11 is 0. The Morgan fingerprint density at radius 2 is 1.32 bits per heavy atom. The van der Waals surface area contributed by atoms with Crippen molar-refractivity contribution < 1.29 is 9.47 Å². The van der Waals surface area contributed by atoms with Crippen LogP contribution in [0.25, 0.3) is 21.8 Å². The van der Waals surface area contributed by atoms with E-state index < -0.39 is 0 Å². The van der Waals surface area contributed by atoms with Gasteiger partial charge in [0.25, 0.3) is 0 Å². The number of aryl methyl sites for hydroxylation is 1. The van der Waals surface area contributed by atoms with Crippen LogP contribution in [0.1, 0.15) is 26.7 Å². The highest BCUT2D eigenvalue weighted by molar-refractivity contribution is 6.08. The lowest BCUT2D eigenvalue weighted by atomic mass is 10.1. The predicted octanol–water partition coefficient (Wildman–Crippen LogP) is 4.09. The number of hydrogen-bond acceptors (Lipinski definition) is 4. The Bertz CT molecular complexity index is 888. The Balaban J connectivity index is 1.72. The molecule has 0 fully saturated rings. The Morgan fingerprint density at radius 1 is 0.714 bits per heavy atom. The molecule has 5 nitrogen and oxygen atoms in total. The fourth-order valence-electron chi connectivity index (χ4n) is 3.44. The summed E-state index contributed by atoms with van der Waals surface area (Å²) in [5.41, 5.74) is 2.38. The minimum Gasteiger partial charge on any atom is -0.492 e. The molecule has 2 aromatic carbocycles. The van der Waals surface area contributed by atoms with Crippen molar-refractivity contribution in [2.75, 3.05) is 39.4 Å². The second-order valence-electron chi connectivity index (χ2n) is 7.11. The van der Waals surface area contributed by atoms with Gasteiger partial charge in [-0.25, -0.2) is 0 Å². The zero-order valence-electron chi connectivity index (χ0n) is 17.4. The third-order valence-corrected chi connectivity index (χ3v) is 4.90. The van der Waals surface area contributed by atoms with Gasteiger partial charge < -0.3 is 24.7 Å². The normalized spacial score (nSPS) is 11.4. The van der Waals surface area contributed by atoms with Crippen LogP contribution in [0.15, 0.2) is 36.4 Å². The molecule has 2 N–H and O–H groups in total. The predicted molar refractivity (Wildman–Crippen MR) is 118 cm³/mol. The minimum absolute atomic E-state index is 0.680. The first kappa shape index (κ1) is 20.5. The van der Waals surface area contributed by atoms with Gasteiger partial charge in [-0.2, -0.15) is 0 Å². The maximum absolute atomic E-state index is 5.92. The first-order chi connectivity index (χ1) is 13.7. The molecule has 0 spiro atoms. The summed E-state index contributed by atoms with van der Waals surface area (Å²) in [5.74, 6) is 1.83. The van der Waals surface area contributed by atoms with Gasteiger partial charge in [0.15, 0.2) is 0 Å². The van der Waals surface area contributed by atoms with Crippen LogP contribution >= 0.6 is 0 Å². The van der Waals surface area contributed by atoms with Crippen molar-refractivity contribution >= 4 is 21.8 Å². The average molecular weight is 384 g/mol. The molecule has 28 heavy (non-hydrogen) atoms. The van der Waals surface area contributed by atoms with Crippen LogP contribution in [0, 0.1) is 0 Å². The maximum atomic E-state index is 5.92. The van der Waals surface area contributed by atoms with Gasteiger partial charge >= 0.3 is 0 Å². The van der Waals surface area contributed by atoms with Gasteiger partial charge in [-0.05, 0) is 56.3 Å². The van der Waals surface area contributed by atoms with Crippen LogP contribution in [-0.4, -0.2) is 44.0 Å². The summed E-state index contributed by atoms with van der Waals surface area (Å²) in [6.45, 7) is 9.50. The lowest BCUT2D eigenvalue weighted by molar-refractivity contribution is 0.314. The summed E-state index contributed by atoms with van der Waals surface area (Å²) in [4.78, 5) is 0. The molecule has 152 valence electrons. The van der Waals surface area contributed by atoms with Crippen LogP contribution in [0.2, 0.25) is 0 Å². The number of aromatic nitrogens is 1. The van der Waals surface area contributed by atoms with E-state index in [-0.39, 0.29) is 0 Å². The van der Waals surface area contributed by atoms with E-state index in [0.29, 0.717) is 13.2 Å². The zero-order valence-corrected chi connectivity index (χ0v) is 17.4. The second-order valence-corrected chi connectivity index (χ2v) is 7.11. The maximum Gasteiger partial charge on any atom is 0.121 e. The summed E-state index contributed by atoms with van der Waals surface area (Å²) in [7, 11) is 2.10. The van der Waals surface area contributed by atoms with E-state index in [1.54, 1.807) is 0 Å². The Hall–Kier alpha value is -2.24. The number of nitrogens with one attached hydrogen (secondary N) is 2. The summed E-state index contributed by atoms with van der Waals surface area (Å²) in [5, 5.41) is 9.16. The SMILES string of the molecule is CCCNCCOc1ccc2c(c1)c1ccc(OCCNCCC)cc1n2C. The lowest BCUT2D eigenvalue weighted by Gasteiger charge is -2.07. The van der Waals surface area contributed by atoms with Crippen molar-refractivity contribution in [3.63, 3.8) is 0 Å². The van der Waals surface area contributed by atoms with Gasteiger partial charge in [0.05, 0.1) is 5.52 Å². The summed E-state index contributed by atoms with van der Waals surface area (Å²) in [6.07, 6.45) is 2.28. The van der Waals surface area contributed by atoms with Crippen molar-refractivity contribution in [3.05, 3.63) is 36.4 Å². The molecule has 0 bridgehead atoms. The van der Waals surface area contributed by atoms with Crippen molar-refractivity contribution in [1.29, 1.82) is 0 Å². The largest absolute Gasteiger partial charge is 0.492 e. The van der Waals surface area contributed by atoms with Crippen molar-refractivity contribution in [2.45, 2.75) is 26.7 Å². The molecule has 1 heterocycles. The van der Waals surface area contributed by atoms with E-state index in [0.717, 1.165) is 50.5 Å². The van der Waals surface area contributed by atoms with E-state index in [9.17, 15) is 0 Å². The number of ether oxygens (including phenoxy) is 2. The molecule has 0 aliphatic carbocycles. The van der Waals surface area contributed by atoms with E-state index >= 15 is 0 Å². The third kappa shape index (κ3) is 4.97. The Labute approximate surface area is 168 Å². The molecule has 3 aromatic rings. The van der Waals surface area contributed by atoms with Crippen molar-refractivity contribution in [2.24, 2.45) is 7.05 Å². The average Bonchev–Trinajstić information content (AvgIpc) is 2.99. The molecule has 0 radical (unpaired) electrons. The Kier molecular flexibility index (Phi) is 7.57. The molecule has 0 aliphatic rings. The summed E-state index contributed by atoms with van der Waals surface area (Å²) < 4.78 is 14.1. The van der Waals surface area contributed by atoms with Crippen LogP contribution in [0.5, 0.6) is 11.5 Å². The van der Waals surface area contributed by atoms with Gasteiger partial charge in [-0.15, -0.1) is 0 Å². The van der Waals surface area contributed by atoms with Gasteiger partial charge in [0, 0.05) is 42.5 Å². The van der Waals surface area contributed by atoms with E-state index in [2.05, 4.69) is 72.5 Å². The second kappa shape index (κ2) is 10.3. The highest BCUT2D eigenvalue weighted by atomic mass is 16.5. The molecule has 1 aromatic heterocycles. The summed E-state index contributed by atoms with van der Waals surface area (Å²) in [6, 6.07) is 12.7. The number of benzene rings is 2. The molecule has 0 unspecified atom stereocenters. The molecule has 0 amide bonds. The molecule has 5 heteroatoms. The standard InChI is InChI=1S/C23H33N3O2/c1-4-10-24-12-14-27-18-7-9-22-21(16-18)20-8-6-19(17-23(20)26(22)3)28-15-13-25-11-5-2/h6-9,16-17,24-25H,4-5,10-15H2,1-3H3. The molecule has 0 atom stereocenters. The fourth-order valence-corrected chi connectivity index (χ4v) is 3.44. The molecular formula is C23H33N3O2. The van der Waals surface area contributed by atoms with Crippen LogP contribution in [0.3, 0.4) is 0 Å². The van der Waals surface area contributed by atoms with Gasteiger partial charge in [0.2, 0.25) is 0 Å². The van der Waals surface area contributed by atoms with Gasteiger partial charge in [-0.1, -0.05) is 13.8 Å². The van der Waals surface area contributed by atoms with Crippen molar-refractivity contribution in [1.82, 2.24) is 15.2 Å². The zero-order chi connectivity index (χ0) is 19.8. The molecule has 0 saturated carbocycles. The third-order valence-electron chi connectivity index (χ3n) is 4.90. The number of rotatable bonds is 12. The van der Waals surface area contributed by atoms with Crippen LogP contribution in [-0.2, 0) is 7.05 Å². The van der Waals surface area contributed by atoms with E-state index in [1.807, 2.05) is 0 Å². The lowest BCUT2D eigenvalue weighted by Crippen LogP contribution is -2.21. The monoisotopic (exact) mass is 383 g/mol. The highest BCUT2D eigenvalue weighted by Crippen LogP contribution is 2.33. The quantitative estimate of drug-likeness (QED) is 0.463. The number of nitrogens with zero attached hydrogens (tertiary/aromatic N) is 1.